The van der Waals surface area contributed by atoms with Crippen LogP contribution in [0.4, 0.5) is 0 Å². The average molecular weight is 220 g/mol. The molecule has 0 saturated carbocycles. The van der Waals surface area contributed by atoms with E-state index in [2.05, 4.69) is 11.8 Å². The molecule has 1 aliphatic rings. The first kappa shape index (κ1) is 12.5. The molecule has 3 nitrogen and oxygen atoms in total. The van der Waals surface area contributed by atoms with Gasteiger partial charge >= 0.3 is 5.97 Å². The summed E-state index contributed by atoms with van der Waals surface area (Å²) < 4.78 is 0. The van der Waals surface area contributed by atoms with Gasteiger partial charge in [0.1, 0.15) is 0 Å². The van der Waals surface area contributed by atoms with Crippen molar-refractivity contribution in [1.29, 1.82) is 0 Å². The first-order valence-corrected chi connectivity index (χ1v) is 5.31. The molecular weight excluding hydrogens is 204 g/mol. The maximum atomic E-state index is 10.4. The molecule has 1 rings (SSSR count). The van der Waals surface area contributed by atoms with E-state index >= 15 is 0 Å². The van der Waals surface area contributed by atoms with E-state index in [1.54, 1.807) is 6.92 Å². The Morgan fingerprint density at radius 3 is 2.88 bits per heavy atom. The van der Waals surface area contributed by atoms with Crippen LogP contribution in [0, 0.1) is 11.8 Å². The number of aliphatic carboxylic acids is 1. The van der Waals surface area contributed by atoms with Crippen molar-refractivity contribution in [2.24, 2.45) is 0 Å². The molecule has 0 aromatic carbocycles. The Kier molecular flexibility index (Phi) is 4.33. The Bertz CT molecular complexity index is 405. The molecule has 0 amide bonds. The molecule has 3 heteroatoms. The fraction of sp³-hybridized carbons (Fsp3) is 0.462. The van der Waals surface area contributed by atoms with E-state index in [4.69, 9.17) is 5.11 Å². The minimum atomic E-state index is -0.985. The second-order valence-electron chi connectivity index (χ2n) is 3.99. The van der Waals surface area contributed by atoms with Gasteiger partial charge in [-0.2, -0.15) is 0 Å². The van der Waals surface area contributed by atoms with E-state index in [-0.39, 0.29) is 6.10 Å². The van der Waals surface area contributed by atoms with Gasteiger partial charge in [0.25, 0.3) is 0 Å². The van der Waals surface area contributed by atoms with Crippen LogP contribution < -0.4 is 0 Å². The van der Waals surface area contributed by atoms with Crippen LogP contribution in [0.25, 0.3) is 0 Å². The minimum Gasteiger partial charge on any atom is -0.478 e. The molecule has 86 valence electrons. The van der Waals surface area contributed by atoms with Crippen molar-refractivity contribution in [3.8, 4) is 11.8 Å². The molecule has 0 aromatic heterocycles. The number of rotatable bonds is 1. The quantitative estimate of drug-likeness (QED) is 0.524. The normalized spacial score (nSPS) is 21.4. The lowest BCUT2D eigenvalue weighted by Crippen LogP contribution is -2.14. The monoisotopic (exact) mass is 220 g/mol. The third-order valence-corrected chi connectivity index (χ3v) is 2.63. The topological polar surface area (TPSA) is 57.5 Å². The summed E-state index contributed by atoms with van der Waals surface area (Å²) in [7, 11) is 0. The number of hydrogen-bond acceptors (Lipinski definition) is 2. The summed E-state index contributed by atoms with van der Waals surface area (Å²) in [5.74, 6) is 4.76. The number of carbonyl (C=O) groups is 1. The van der Waals surface area contributed by atoms with E-state index in [0.717, 1.165) is 36.5 Å². The SMILES string of the molecule is CC1=C(C#C/C(C)=C/C(=O)O)CCCC1O. The molecule has 2 N–H and O–H groups in total. The molecule has 1 atom stereocenters. The Morgan fingerprint density at radius 2 is 2.25 bits per heavy atom. The van der Waals surface area contributed by atoms with Crippen LogP contribution in [0.2, 0.25) is 0 Å². The Morgan fingerprint density at radius 1 is 1.56 bits per heavy atom. The highest BCUT2D eigenvalue weighted by Gasteiger charge is 2.15. The van der Waals surface area contributed by atoms with E-state index in [1.807, 2.05) is 6.92 Å². The number of carboxylic acids is 1. The fourth-order valence-corrected chi connectivity index (χ4v) is 1.64. The van der Waals surface area contributed by atoms with Crippen molar-refractivity contribution in [3.05, 3.63) is 22.8 Å². The van der Waals surface area contributed by atoms with Crippen LogP contribution in [-0.4, -0.2) is 22.3 Å². The zero-order chi connectivity index (χ0) is 12.1. The molecule has 1 unspecified atom stereocenters. The zero-order valence-corrected chi connectivity index (χ0v) is 9.58. The fourth-order valence-electron chi connectivity index (χ4n) is 1.64. The molecule has 0 saturated heterocycles. The highest BCUT2D eigenvalue weighted by Crippen LogP contribution is 2.24. The molecule has 16 heavy (non-hydrogen) atoms. The summed E-state index contributed by atoms with van der Waals surface area (Å²) in [6.45, 7) is 3.54. The van der Waals surface area contributed by atoms with Crippen molar-refractivity contribution >= 4 is 5.97 Å². The molecular formula is C13H16O3. The van der Waals surface area contributed by atoms with E-state index in [0.29, 0.717) is 5.57 Å². The van der Waals surface area contributed by atoms with Gasteiger partial charge in [-0.15, -0.1) is 0 Å². The Labute approximate surface area is 95.5 Å². The Balaban J connectivity index is 2.85. The molecule has 0 bridgehead atoms. The molecule has 0 aliphatic heterocycles. The smallest absolute Gasteiger partial charge is 0.329 e. The van der Waals surface area contributed by atoms with Gasteiger partial charge in [-0.3, -0.25) is 0 Å². The standard InChI is InChI=1S/C13H16O3/c1-9(8-13(15)16)6-7-11-4-3-5-12(14)10(11)2/h8,12,14H,3-5H2,1-2H3,(H,15,16)/b9-8+. The summed E-state index contributed by atoms with van der Waals surface area (Å²) in [5, 5.41) is 18.1. The predicted molar refractivity (Wildman–Crippen MR) is 61.7 cm³/mol. The molecule has 0 heterocycles. The van der Waals surface area contributed by atoms with Gasteiger partial charge in [-0.05, 0) is 38.7 Å². The van der Waals surface area contributed by atoms with Crippen molar-refractivity contribution in [1.82, 2.24) is 0 Å². The molecule has 0 fully saturated rings. The zero-order valence-electron chi connectivity index (χ0n) is 9.58. The maximum Gasteiger partial charge on any atom is 0.329 e. The lowest BCUT2D eigenvalue weighted by atomic mass is 9.90. The number of carboxylic acid groups (broad SMARTS) is 1. The van der Waals surface area contributed by atoms with Crippen LogP contribution in [-0.2, 0) is 4.79 Å². The summed E-state index contributed by atoms with van der Waals surface area (Å²) in [5.41, 5.74) is 2.38. The van der Waals surface area contributed by atoms with Gasteiger partial charge < -0.3 is 10.2 Å². The molecule has 0 spiro atoms. The van der Waals surface area contributed by atoms with Crippen molar-refractivity contribution in [2.45, 2.75) is 39.2 Å². The van der Waals surface area contributed by atoms with Crippen LogP contribution >= 0.6 is 0 Å². The van der Waals surface area contributed by atoms with Gasteiger partial charge in [0, 0.05) is 17.2 Å². The molecule has 0 radical (unpaired) electrons. The third kappa shape index (κ3) is 3.56. The summed E-state index contributed by atoms with van der Waals surface area (Å²) in [6.07, 6.45) is 3.30. The minimum absolute atomic E-state index is 0.387. The van der Waals surface area contributed by atoms with Gasteiger partial charge in [0.2, 0.25) is 0 Å². The summed E-state index contributed by atoms with van der Waals surface area (Å²) in [6, 6.07) is 0. The third-order valence-electron chi connectivity index (χ3n) is 2.63. The van der Waals surface area contributed by atoms with Gasteiger partial charge in [-0.1, -0.05) is 11.8 Å². The highest BCUT2D eigenvalue weighted by molar-refractivity contribution is 5.81. The van der Waals surface area contributed by atoms with Gasteiger partial charge in [0.15, 0.2) is 0 Å². The van der Waals surface area contributed by atoms with Crippen LogP contribution in [0.5, 0.6) is 0 Å². The predicted octanol–water partition coefficient (Wildman–Crippen LogP) is 1.88. The van der Waals surface area contributed by atoms with Gasteiger partial charge in [-0.25, -0.2) is 4.79 Å². The van der Waals surface area contributed by atoms with Gasteiger partial charge in [0.05, 0.1) is 6.10 Å². The molecule has 1 aliphatic carbocycles. The lowest BCUT2D eigenvalue weighted by molar-refractivity contribution is -0.131. The van der Waals surface area contributed by atoms with E-state index in [1.165, 1.54) is 0 Å². The summed E-state index contributed by atoms with van der Waals surface area (Å²) >= 11 is 0. The highest BCUT2D eigenvalue weighted by atomic mass is 16.4. The van der Waals surface area contributed by atoms with Crippen LogP contribution in [0.15, 0.2) is 22.8 Å². The Hall–Kier alpha value is -1.53. The van der Waals surface area contributed by atoms with E-state index < -0.39 is 5.97 Å². The molecule has 0 aromatic rings. The first-order chi connectivity index (χ1) is 7.50. The number of aliphatic hydroxyl groups excluding tert-OH is 1. The number of aliphatic hydroxyl groups is 1. The second kappa shape index (κ2) is 5.53. The van der Waals surface area contributed by atoms with Crippen molar-refractivity contribution < 1.29 is 15.0 Å². The lowest BCUT2D eigenvalue weighted by Gasteiger charge is -2.19. The van der Waals surface area contributed by atoms with E-state index in [9.17, 15) is 9.90 Å². The number of allylic oxidation sites excluding steroid dienone is 2. The van der Waals surface area contributed by atoms with Crippen LogP contribution in [0.3, 0.4) is 0 Å². The second-order valence-corrected chi connectivity index (χ2v) is 3.99. The summed E-state index contributed by atoms with van der Waals surface area (Å²) in [4.78, 5) is 10.4. The first-order valence-electron chi connectivity index (χ1n) is 5.31. The largest absolute Gasteiger partial charge is 0.478 e. The average Bonchev–Trinajstić information content (AvgIpc) is 2.19. The van der Waals surface area contributed by atoms with Crippen LogP contribution in [0.1, 0.15) is 33.1 Å². The van der Waals surface area contributed by atoms with Crippen molar-refractivity contribution in [2.75, 3.05) is 0 Å². The maximum absolute atomic E-state index is 10.4. The number of hydrogen-bond donors (Lipinski definition) is 2. The van der Waals surface area contributed by atoms with Crippen molar-refractivity contribution in [3.63, 3.8) is 0 Å².